The third-order valence-corrected chi connectivity index (χ3v) is 5.21. The Labute approximate surface area is 189 Å². The van der Waals surface area contributed by atoms with E-state index < -0.39 is 23.1 Å². The van der Waals surface area contributed by atoms with E-state index in [2.05, 4.69) is 0 Å². The summed E-state index contributed by atoms with van der Waals surface area (Å²) in [6.07, 6.45) is 1.44. The Morgan fingerprint density at radius 2 is 1.19 bits per heavy atom. The van der Waals surface area contributed by atoms with Gasteiger partial charge in [-0.25, -0.2) is 9.59 Å². The summed E-state index contributed by atoms with van der Waals surface area (Å²) in [6.45, 7) is 10.8. The molecule has 0 saturated carbocycles. The Morgan fingerprint density at radius 3 is 1.53 bits per heavy atom. The van der Waals surface area contributed by atoms with Gasteiger partial charge in [0.25, 0.3) is 0 Å². The van der Waals surface area contributed by atoms with Crippen LogP contribution in [0, 0.1) is 0 Å². The molecule has 3 rings (SSSR count). The van der Waals surface area contributed by atoms with Crippen molar-refractivity contribution in [3.63, 3.8) is 0 Å². The number of hydrogen-bond donors (Lipinski definition) is 0. The van der Waals surface area contributed by atoms with E-state index in [0.29, 0.717) is 39.3 Å². The minimum Gasteiger partial charge on any atom is -0.456 e. The predicted molar refractivity (Wildman–Crippen MR) is 116 cm³/mol. The third kappa shape index (κ3) is 8.50. The molecule has 0 N–H and O–H groups in total. The summed E-state index contributed by atoms with van der Waals surface area (Å²) in [7, 11) is 0. The van der Waals surface area contributed by atoms with Gasteiger partial charge in [0.1, 0.15) is 23.4 Å². The van der Waals surface area contributed by atoms with Gasteiger partial charge in [-0.05, 0) is 39.8 Å². The molecule has 2 fully saturated rings. The van der Waals surface area contributed by atoms with Crippen LogP contribution in [-0.2, 0) is 28.4 Å². The molecule has 2 atom stereocenters. The molecule has 0 aliphatic carbocycles. The number of epoxide rings is 2. The summed E-state index contributed by atoms with van der Waals surface area (Å²) < 4.78 is 32.7. The minimum absolute atomic E-state index is 0.177. The fraction of sp³-hybridized carbons (Fsp3) is 0.667. The number of carbonyl (C=O) groups excluding carboxylic acids is 2. The first-order valence-corrected chi connectivity index (χ1v) is 11.1. The van der Waals surface area contributed by atoms with Crippen LogP contribution in [0.1, 0.15) is 61.3 Å². The SMILES string of the molecule is CC(C)(CCOCC1CO1)OC(=O)c1ccccc1C(=O)OC(C)(C)CCOCC1CO1. The van der Waals surface area contributed by atoms with Gasteiger partial charge in [-0.3, -0.25) is 0 Å². The first-order valence-electron chi connectivity index (χ1n) is 11.1. The van der Waals surface area contributed by atoms with Crippen LogP contribution in [0.15, 0.2) is 24.3 Å². The third-order valence-electron chi connectivity index (χ3n) is 5.21. The molecule has 2 heterocycles. The molecule has 0 spiro atoms. The molecular formula is C24H34O8. The van der Waals surface area contributed by atoms with E-state index in [9.17, 15) is 9.59 Å². The number of esters is 2. The van der Waals surface area contributed by atoms with Crippen molar-refractivity contribution in [2.24, 2.45) is 0 Å². The van der Waals surface area contributed by atoms with Crippen molar-refractivity contribution in [2.45, 2.75) is 63.9 Å². The van der Waals surface area contributed by atoms with Crippen LogP contribution in [-0.4, -0.2) is 75.0 Å². The summed E-state index contributed by atoms with van der Waals surface area (Å²) in [5, 5.41) is 0. The van der Waals surface area contributed by atoms with Crippen LogP contribution in [0.4, 0.5) is 0 Å². The van der Waals surface area contributed by atoms with E-state index in [4.69, 9.17) is 28.4 Å². The van der Waals surface area contributed by atoms with Gasteiger partial charge in [-0.2, -0.15) is 0 Å². The van der Waals surface area contributed by atoms with E-state index in [-0.39, 0.29) is 23.3 Å². The quantitative estimate of drug-likeness (QED) is 0.242. The second kappa shape index (κ2) is 10.7. The maximum Gasteiger partial charge on any atom is 0.339 e. The summed E-state index contributed by atoms with van der Waals surface area (Å²) in [4.78, 5) is 25.7. The average molecular weight is 451 g/mol. The molecule has 1 aromatic carbocycles. The van der Waals surface area contributed by atoms with E-state index in [1.165, 1.54) is 0 Å². The zero-order chi connectivity index (χ0) is 23.2. The van der Waals surface area contributed by atoms with Crippen molar-refractivity contribution in [3.05, 3.63) is 35.4 Å². The van der Waals surface area contributed by atoms with Gasteiger partial charge in [0.15, 0.2) is 0 Å². The molecule has 0 amide bonds. The predicted octanol–water partition coefficient (Wildman–Crippen LogP) is 3.17. The minimum atomic E-state index is -0.750. The van der Waals surface area contributed by atoms with Gasteiger partial charge < -0.3 is 28.4 Å². The van der Waals surface area contributed by atoms with Gasteiger partial charge in [-0.15, -0.1) is 0 Å². The highest BCUT2D eigenvalue weighted by atomic mass is 16.6. The summed E-state index contributed by atoms with van der Waals surface area (Å²) >= 11 is 0. The molecule has 0 radical (unpaired) electrons. The first kappa shape index (κ1) is 24.6. The molecule has 8 heteroatoms. The molecule has 2 unspecified atom stereocenters. The van der Waals surface area contributed by atoms with Crippen LogP contribution in [0.5, 0.6) is 0 Å². The van der Waals surface area contributed by atoms with Gasteiger partial charge in [-0.1, -0.05) is 12.1 Å². The molecule has 2 aliphatic rings. The van der Waals surface area contributed by atoms with Crippen LogP contribution in [0.3, 0.4) is 0 Å². The largest absolute Gasteiger partial charge is 0.456 e. The fourth-order valence-electron chi connectivity index (χ4n) is 2.95. The van der Waals surface area contributed by atoms with Crippen LogP contribution in [0.2, 0.25) is 0 Å². The lowest BCUT2D eigenvalue weighted by Crippen LogP contribution is -2.32. The fourth-order valence-corrected chi connectivity index (χ4v) is 2.95. The molecule has 2 aliphatic heterocycles. The van der Waals surface area contributed by atoms with Gasteiger partial charge >= 0.3 is 11.9 Å². The Balaban J connectivity index is 1.51. The molecular weight excluding hydrogens is 416 g/mol. The van der Waals surface area contributed by atoms with Gasteiger partial charge in [0, 0.05) is 12.8 Å². The molecule has 1 aromatic rings. The number of ether oxygens (including phenoxy) is 6. The van der Waals surface area contributed by atoms with Gasteiger partial charge in [0.05, 0.1) is 50.8 Å². The maximum absolute atomic E-state index is 12.9. The van der Waals surface area contributed by atoms with E-state index in [0.717, 1.165) is 13.2 Å². The standard InChI is InChI=1S/C24H34O8/c1-23(2,9-11-27-13-17-15-29-17)31-21(25)19-7-5-6-8-20(19)22(26)32-24(3,4)10-12-28-14-18-16-30-18/h5-8,17-18H,9-16H2,1-4H3. The van der Waals surface area contributed by atoms with Gasteiger partial charge in [0.2, 0.25) is 0 Å². The average Bonchev–Trinajstić information content (AvgIpc) is 3.63. The summed E-state index contributed by atoms with van der Waals surface area (Å²) in [5.74, 6) is -1.14. The topological polar surface area (TPSA) is 96.1 Å². The summed E-state index contributed by atoms with van der Waals surface area (Å²) in [5.41, 5.74) is -1.15. The van der Waals surface area contributed by atoms with Crippen molar-refractivity contribution >= 4 is 11.9 Å². The molecule has 8 nitrogen and oxygen atoms in total. The Bertz CT molecular complexity index is 715. The van der Waals surface area contributed by atoms with Crippen molar-refractivity contribution in [1.82, 2.24) is 0 Å². The summed E-state index contributed by atoms with van der Waals surface area (Å²) in [6, 6.07) is 6.53. The lowest BCUT2D eigenvalue weighted by atomic mass is 10.0. The highest BCUT2D eigenvalue weighted by Crippen LogP contribution is 2.23. The Hall–Kier alpha value is -2.00. The zero-order valence-electron chi connectivity index (χ0n) is 19.4. The number of benzene rings is 1. The maximum atomic E-state index is 12.9. The number of hydrogen-bond acceptors (Lipinski definition) is 8. The van der Waals surface area contributed by atoms with Crippen LogP contribution >= 0.6 is 0 Å². The lowest BCUT2D eigenvalue weighted by Gasteiger charge is -2.27. The monoisotopic (exact) mass is 450 g/mol. The van der Waals surface area contributed by atoms with E-state index >= 15 is 0 Å². The highest BCUT2D eigenvalue weighted by Gasteiger charge is 2.30. The van der Waals surface area contributed by atoms with Crippen molar-refractivity contribution in [2.75, 3.05) is 39.6 Å². The lowest BCUT2D eigenvalue weighted by molar-refractivity contribution is -0.0227. The van der Waals surface area contributed by atoms with Crippen molar-refractivity contribution in [3.8, 4) is 0 Å². The second-order valence-electron chi connectivity index (χ2n) is 9.40. The second-order valence-corrected chi connectivity index (χ2v) is 9.40. The van der Waals surface area contributed by atoms with Crippen LogP contribution in [0.25, 0.3) is 0 Å². The zero-order valence-corrected chi connectivity index (χ0v) is 19.4. The number of rotatable bonds is 14. The number of carbonyl (C=O) groups is 2. The smallest absolute Gasteiger partial charge is 0.339 e. The van der Waals surface area contributed by atoms with Crippen molar-refractivity contribution < 1.29 is 38.0 Å². The Morgan fingerprint density at radius 1 is 0.812 bits per heavy atom. The Kier molecular flexibility index (Phi) is 8.27. The first-order chi connectivity index (χ1) is 15.2. The van der Waals surface area contributed by atoms with E-state index in [1.54, 1.807) is 24.3 Å². The van der Waals surface area contributed by atoms with Crippen LogP contribution < -0.4 is 0 Å². The highest BCUT2D eigenvalue weighted by molar-refractivity contribution is 6.03. The van der Waals surface area contributed by atoms with Crippen molar-refractivity contribution in [1.29, 1.82) is 0 Å². The molecule has 178 valence electrons. The molecule has 0 bridgehead atoms. The normalized spacial score (nSPS) is 20.0. The molecule has 32 heavy (non-hydrogen) atoms. The molecule has 2 saturated heterocycles. The molecule has 0 aromatic heterocycles. The van der Waals surface area contributed by atoms with E-state index in [1.807, 2.05) is 27.7 Å².